The molecule has 0 saturated carbocycles. The fourth-order valence-corrected chi connectivity index (χ4v) is 4.19. The molecule has 3 aromatic heterocycles. The van der Waals surface area contributed by atoms with Crippen molar-refractivity contribution in [1.82, 2.24) is 4.98 Å². The van der Waals surface area contributed by atoms with Gasteiger partial charge in [0.15, 0.2) is 0 Å². The lowest BCUT2D eigenvalue weighted by Gasteiger charge is -2.12. The Hall–Kier alpha value is -3.24. The summed E-state index contributed by atoms with van der Waals surface area (Å²) in [4.78, 5) is 16.6. The third-order valence-electron chi connectivity index (χ3n) is 4.58. The average molecular weight is 406 g/mol. The summed E-state index contributed by atoms with van der Waals surface area (Å²) in [6.07, 6.45) is 6.72. The Labute approximate surface area is 172 Å². The Balaban J connectivity index is 1.83. The molecule has 0 radical (unpaired) electrons. The largest absolute Gasteiger partial charge is 0.465 e. The molecule has 6 nitrogen and oxygen atoms in total. The van der Waals surface area contributed by atoms with Crippen LogP contribution in [0.3, 0.4) is 0 Å². The van der Waals surface area contributed by atoms with E-state index in [0.717, 1.165) is 41.0 Å². The number of esters is 1. The first-order valence-corrected chi connectivity index (χ1v) is 10.2. The molecule has 0 aromatic carbocycles. The van der Waals surface area contributed by atoms with Crippen LogP contribution in [0.15, 0.2) is 50.7 Å². The van der Waals surface area contributed by atoms with Gasteiger partial charge in [-0.25, -0.2) is 4.98 Å². The molecule has 0 aliphatic heterocycles. The van der Waals surface area contributed by atoms with Crippen molar-refractivity contribution in [3.63, 3.8) is 0 Å². The monoisotopic (exact) mass is 406 g/mol. The molecule has 1 aliphatic rings. The zero-order valence-electron chi connectivity index (χ0n) is 15.8. The maximum Gasteiger partial charge on any atom is 0.316 e. The minimum absolute atomic E-state index is 0.0864. The second-order valence-electron chi connectivity index (χ2n) is 6.36. The van der Waals surface area contributed by atoms with E-state index in [4.69, 9.17) is 18.6 Å². The summed E-state index contributed by atoms with van der Waals surface area (Å²) < 4.78 is 16.1. The summed E-state index contributed by atoms with van der Waals surface area (Å²) in [7, 11) is 0. The van der Waals surface area contributed by atoms with Gasteiger partial charge in [-0.05, 0) is 61.2 Å². The lowest BCUT2D eigenvalue weighted by atomic mass is 10.00. The number of pyridine rings is 1. The predicted octanol–water partition coefficient (Wildman–Crippen LogP) is 4.95. The van der Waals surface area contributed by atoms with E-state index in [1.807, 2.05) is 24.3 Å². The van der Waals surface area contributed by atoms with Gasteiger partial charge in [0.05, 0.1) is 36.1 Å². The van der Waals surface area contributed by atoms with Crippen LogP contribution in [0.5, 0.6) is 0 Å². The average Bonchev–Trinajstić information content (AvgIpc) is 3.48. The number of thioether (sulfide) groups is 1. The number of rotatable bonds is 6. The number of hydrogen-bond donors (Lipinski definition) is 0. The lowest BCUT2D eigenvalue weighted by molar-refractivity contribution is -0.139. The van der Waals surface area contributed by atoms with Crippen LogP contribution in [0.4, 0.5) is 0 Å². The van der Waals surface area contributed by atoms with Crippen LogP contribution < -0.4 is 0 Å². The molecule has 7 heteroatoms. The van der Waals surface area contributed by atoms with E-state index in [0.29, 0.717) is 23.0 Å². The third kappa shape index (κ3) is 3.84. The Morgan fingerprint density at radius 3 is 2.83 bits per heavy atom. The van der Waals surface area contributed by atoms with Crippen molar-refractivity contribution in [2.45, 2.75) is 24.8 Å². The number of aromatic nitrogens is 1. The van der Waals surface area contributed by atoms with E-state index < -0.39 is 0 Å². The summed E-state index contributed by atoms with van der Waals surface area (Å²) in [6.45, 7) is 2.08. The van der Waals surface area contributed by atoms with Crippen LogP contribution in [0.25, 0.3) is 23.0 Å². The maximum absolute atomic E-state index is 11.8. The first-order valence-electron chi connectivity index (χ1n) is 9.25. The Bertz CT molecular complexity index is 1090. The van der Waals surface area contributed by atoms with Crippen LogP contribution >= 0.6 is 11.8 Å². The Morgan fingerprint density at radius 1 is 1.31 bits per heavy atom. The van der Waals surface area contributed by atoms with E-state index in [9.17, 15) is 10.1 Å². The van der Waals surface area contributed by atoms with Gasteiger partial charge in [0.1, 0.15) is 22.6 Å². The van der Waals surface area contributed by atoms with Gasteiger partial charge in [0.2, 0.25) is 0 Å². The smallest absolute Gasteiger partial charge is 0.316 e. The number of carbonyl (C=O) groups is 1. The second-order valence-corrected chi connectivity index (χ2v) is 7.33. The zero-order chi connectivity index (χ0) is 20.2. The van der Waals surface area contributed by atoms with Gasteiger partial charge >= 0.3 is 5.97 Å². The standard InChI is InChI=1S/C22H18N2O4S/c1-2-26-19(25)13-29-22-17(12-23)20(18-6-4-10-28-18)16-8-7-14(21(16)24-22)11-15-5-3-9-27-15/h3-6,9-11H,2,7-8,13H2,1H3/b14-11+. The third-order valence-corrected chi connectivity index (χ3v) is 5.53. The van der Waals surface area contributed by atoms with Crippen LogP contribution in [0, 0.1) is 11.3 Å². The van der Waals surface area contributed by atoms with Gasteiger partial charge in [-0.2, -0.15) is 5.26 Å². The molecule has 0 N–H and O–H groups in total. The molecule has 0 saturated heterocycles. The maximum atomic E-state index is 11.8. The number of ether oxygens (including phenoxy) is 1. The second kappa shape index (κ2) is 8.41. The van der Waals surface area contributed by atoms with Crippen molar-refractivity contribution >= 4 is 29.4 Å². The fraction of sp³-hybridized carbons (Fsp3) is 0.227. The molecular formula is C22H18N2O4S. The number of nitriles is 1. The van der Waals surface area contributed by atoms with E-state index >= 15 is 0 Å². The molecule has 0 fully saturated rings. The molecule has 29 heavy (non-hydrogen) atoms. The SMILES string of the molecule is CCOC(=O)CSc1nc2c(c(-c3ccco3)c1C#N)CC/C2=C\c1ccco1. The minimum atomic E-state index is -0.338. The summed E-state index contributed by atoms with van der Waals surface area (Å²) in [5.41, 5.74) is 4.00. The highest BCUT2D eigenvalue weighted by Crippen LogP contribution is 2.43. The number of allylic oxidation sites excluding steroid dienone is 1. The molecule has 1 aliphatic carbocycles. The van der Waals surface area contributed by atoms with Gasteiger partial charge in [0.25, 0.3) is 0 Å². The molecule has 0 amide bonds. The molecule has 3 aromatic rings. The topological polar surface area (TPSA) is 89.3 Å². The van der Waals surface area contributed by atoms with Crippen LogP contribution in [-0.4, -0.2) is 23.3 Å². The number of hydrogen-bond acceptors (Lipinski definition) is 7. The fourth-order valence-electron chi connectivity index (χ4n) is 3.40. The predicted molar refractivity (Wildman–Crippen MR) is 109 cm³/mol. The van der Waals surface area contributed by atoms with E-state index in [1.165, 1.54) is 11.8 Å². The molecular weight excluding hydrogens is 388 g/mol. The van der Waals surface area contributed by atoms with Gasteiger partial charge in [-0.1, -0.05) is 11.8 Å². The molecule has 3 heterocycles. The number of carbonyl (C=O) groups excluding carboxylic acids is 1. The van der Waals surface area contributed by atoms with Crippen molar-refractivity contribution in [2.24, 2.45) is 0 Å². The lowest BCUT2D eigenvalue weighted by Crippen LogP contribution is -2.08. The molecule has 0 atom stereocenters. The van der Waals surface area contributed by atoms with Crippen molar-refractivity contribution in [3.8, 4) is 17.4 Å². The number of nitrogens with zero attached hydrogens (tertiary/aromatic N) is 2. The van der Waals surface area contributed by atoms with Crippen molar-refractivity contribution < 1.29 is 18.4 Å². The van der Waals surface area contributed by atoms with Gasteiger partial charge in [-0.3, -0.25) is 4.79 Å². The first-order chi connectivity index (χ1) is 14.2. The minimum Gasteiger partial charge on any atom is -0.465 e. The van der Waals surface area contributed by atoms with E-state index in [2.05, 4.69) is 6.07 Å². The highest BCUT2D eigenvalue weighted by Gasteiger charge is 2.28. The summed E-state index contributed by atoms with van der Waals surface area (Å²) in [6, 6.07) is 9.62. The molecule has 146 valence electrons. The summed E-state index contributed by atoms with van der Waals surface area (Å²) in [5.74, 6) is 1.12. The van der Waals surface area contributed by atoms with E-state index in [-0.39, 0.29) is 11.7 Å². The normalized spacial score (nSPS) is 14.0. The van der Waals surface area contributed by atoms with Crippen molar-refractivity contribution in [1.29, 1.82) is 5.26 Å². The molecule has 0 bridgehead atoms. The Kier molecular flexibility index (Phi) is 5.54. The van der Waals surface area contributed by atoms with Crippen LogP contribution in [0.1, 0.15) is 35.9 Å². The van der Waals surface area contributed by atoms with Gasteiger partial charge in [-0.15, -0.1) is 0 Å². The Morgan fingerprint density at radius 2 is 2.14 bits per heavy atom. The zero-order valence-corrected chi connectivity index (χ0v) is 16.6. The molecule has 0 unspecified atom stereocenters. The quantitative estimate of drug-likeness (QED) is 0.423. The highest BCUT2D eigenvalue weighted by atomic mass is 32.2. The highest BCUT2D eigenvalue weighted by molar-refractivity contribution is 7.99. The first kappa shape index (κ1) is 19.1. The van der Waals surface area contributed by atoms with E-state index in [1.54, 1.807) is 25.5 Å². The summed E-state index contributed by atoms with van der Waals surface area (Å²) in [5, 5.41) is 10.4. The van der Waals surface area contributed by atoms with Crippen molar-refractivity contribution in [2.75, 3.05) is 12.4 Å². The van der Waals surface area contributed by atoms with Gasteiger partial charge in [0, 0.05) is 5.56 Å². The molecule has 4 rings (SSSR count). The summed E-state index contributed by atoms with van der Waals surface area (Å²) >= 11 is 1.21. The van der Waals surface area contributed by atoms with Crippen molar-refractivity contribution in [3.05, 3.63) is 59.4 Å². The van der Waals surface area contributed by atoms with Gasteiger partial charge < -0.3 is 13.6 Å². The molecule has 0 spiro atoms. The van der Waals surface area contributed by atoms with Crippen LogP contribution in [0.2, 0.25) is 0 Å². The number of furan rings is 2. The van der Waals surface area contributed by atoms with Crippen LogP contribution in [-0.2, 0) is 16.0 Å². The number of fused-ring (bicyclic) bond motifs is 1.